The number of benzene rings is 1. The summed E-state index contributed by atoms with van der Waals surface area (Å²) >= 11 is 5.11. The van der Waals surface area contributed by atoms with Gasteiger partial charge in [0.25, 0.3) is 0 Å². The second kappa shape index (κ2) is 6.22. The second-order valence-electron chi connectivity index (χ2n) is 5.17. The highest BCUT2D eigenvalue weighted by atomic mass is 79.9. The lowest BCUT2D eigenvalue weighted by atomic mass is 10.2. The molecule has 0 spiro atoms. The van der Waals surface area contributed by atoms with Crippen molar-refractivity contribution >= 4 is 49.0 Å². The molecule has 0 bridgehead atoms. The van der Waals surface area contributed by atoms with Crippen LogP contribution in [0.1, 0.15) is 16.3 Å². The van der Waals surface area contributed by atoms with Crippen molar-refractivity contribution in [2.24, 2.45) is 0 Å². The average Bonchev–Trinajstić information content (AvgIpc) is 2.76. The predicted octanol–water partition coefficient (Wildman–Crippen LogP) is 4.31. The maximum Gasteiger partial charge on any atom is 0.136 e. The first-order valence-corrected chi connectivity index (χ1v) is 8.67. The molecular weight excluding hydrogens is 360 g/mol. The van der Waals surface area contributed by atoms with E-state index in [1.165, 1.54) is 10.4 Å². The highest BCUT2D eigenvalue weighted by molar-refractivity contribution is 9.10. The fourth-order valence-corrected chi connectivity index (χ4v) is 3.65. The van der Waals surface area contributed by atoms with Crippen LogP contribution in [-0.4, -0.2) is 16.5 Å². The Kier molecular flexibility index (Phi) is 4.31. The van der Waals surface area contributed by atoms with Gasteiger partial charge in [0.1, 0.15) is 16.5 Å². The van der Waals surface area contributed by atoms with Crippen molar-refractivity contribution in [2.45, 2.75) is 20.3 Å². The molecule has 0 amide bonds. The number of nitrogen functional groups attached to an aromatic ring is 1. The standard InChI is InChI=1S/C16H17BrN4S/c1-9-10(2)22-16-14(9)15(18)20-13(21-16)7-8-19-12-5-3-11(17)4-6-12/h3-6,19H,7-8H2,1-2H3,(H2,18,20,21). The summed E-state index contributed by atoms with van der Waals surface area (Å²) in [4.78, 5) is 11.3. The first kappa shape index (κ1) is 15.2. The predicted molar refractivity (Wildman–Crippen MR) is 97.6 cm³/mol. The van der Waals surface area contributed by atoms with Gasteiger partial charge < -0.3 is 11.1 Å². The minimum absolute atomic E-state index is 0.588. The van der Waals surface area contributed by atoms with E-state index in [9.17, 15) is 0 Å². The number of nitrogens with zero attached hydrogens (tertiary/aromatic N) is 2. The van der Waals surface area contributed by atoms with Crippen molar-refractivity contribution in [2.75, 3.05) is 17.6 Å². The van der Waals surface area contributed by atoms with Gasteiger partial charge in [-0.15, -0.1) is 11.3 Å². The molecule has 0 saturated heterocycles. The third-order valence-electron chi connectivity index (χ3n) is 3.62. The Morgan fingerprint density at radius 2 is 1.91 bits per heavy atom. The summed E-state index contributed by atoms with van der Waals surface area (Å²) in [6.07, 6.45) is 0.742. The maximum atomic E-state index is 6.10. The molecule has 0 aliphatic heterocycles. The van der Waals surface area contributed by atoms with E-state index in [0.29, 0.717) is 5.82 Å². The molecule has 1 aromatic carbocycles. The molecule has 4 nitrogen and oxygen atoms in total. The van der Waals surface area contributed by atoms with E-state index in [1.807, 2.05) is 24.3 Å². The van der Waals surface area contributed by atoms with Crippen LogP contribution in [0.3, 0.4) is 0 Å². The van der Waals surface area contributed by atoms with Gasteiger partial charge in [0.05, 0.1) is 5.39 Å². The van der Waals surface area contributed by atoms with Crippen molar-refractivity contribution in [1.82, 2.24) is 9.97 Å². The van der Waals surface area contributed by atoms with Crippen LogP contribution < -0.4 is 11.1 Å². The molecule has 0 radical (unpaired) electrons. The second-order valence-corrected chi connectivity index (χ2v) is 7.29. The van der Waals surface area contributed by atoms with Gasteiger partial charge in [-0.3, -0.25) is 0 Å². The minimum Gasteiger partial charge on any atom is -0.385 e. The van der Waals surface area contributed by atoms with Gasteiger partial charge in [0.15, 0.2) is 0 Å². The summed E-state index contributed by atoms with van der Waals surface area (Å²) in [5.74, 6) is 1.38. The lowest BCUT2D eigenvalue weighted by molar-refractivity contribution is 0.914. The van der Waals surface area contributed by atoms with Crippen LogP contribution in [0.4, 0.5) is 11.5 Å². The van der Waals surface area contributed by atoms with Crippen LogP contribution in [0, 0.1) is 13.8 Å². The van der Waals surface area contributed by atoms with Gasteiger partial charge in [-0.25, -0.2) is 9.97 Å². The third-order valence-corrected chi connectivity index (χ3v) is 5.25. The fraction of sp³-hybridized carbons (Fsp3) is 0.250. The zero-order chi connectivity index (χ0) is 15.7. The summed E-state index contributed by atoms with van der Waals surface area (Å²) in [7, 11) is 0. The molecule has 6 heteroatoms. The Labute approximate surface area is 141 Å². The van der Waals surface area contributed by atoms with Gasteiger partial charge in [-0.1, -0.05) is 15.9 Å². The molecule has 3 aromatic rings. The van der Waals surface area contributed by atoms with Crippen LogP contribution in [-0.2, 0) is 6.42 Å². The Bertz CT molecular complexity index is 811. The fourth-order valence-electron chi connectivity index (χ4n) is 2.32. The molecule has 0 fully saturated rings. The smallest absolute Gasteiger partial charge is 0.136 e. The molecule has 0 aliphatic rings. The van der Waals surface area contributed by atoms with Crippen molar-refractivity contribution in [3.05, 3.63) is 45.0 Å². The summed E-state index contributed by atoms with van der Waals surface area (Å²) in [5.41, 5.74) is 8.38. The summed E-state index contributed by atoms with van der Waals surface area (Å²) in [5, 5.41) is 4.37. The Morgan fingerprint density at radius 1 is 1.18 bits per heavy atom. The number of hydrogen-bond acceptors (Lipinski definition) is 5. The molecule has 0 saturated carbocycles. The van der Waals surface area contributed by atoms with Crippen LogP contribution in [0.15, 0.2) is 28.7 Å². The molecule has 0 atom stereocenters. The monoisotopic (exact) mass is 376 g/mol. The number of nitrogens with one attached hydrogen (secondary N) is 1. The number of aryl methyl sites for hydroxylation is 2. The number of rotatable bonds is 4. The van der Waals surface area contributed by atoms with E-state index >= 15 is 0 Å². The molecule has 3 rings (SSSR count). The third kappa shape index (κ3) is 3.08. The van der Waals surface area contributed by atoms with E-state index in [1.54, 1.807) is 11.3 Å². The zero-order valence-electron chi connectivity index (χ0n) is 12.5. The van der Waals surface area contributed by atoms with Gasteiger partial charge in [0.2, 0.25) is 0 Å². The Hall–Kier alpha value is -1.66. The molecule has 0 aliphatic carbocycles. The highest BCUT2D eigenvalue weighted by Gasteiger charge is 2.12. The molecule has 2 aromatic heterocycles. The van der Waals surface area contributed by atoms with E-state index in [0.717, 1.165) is 39.2 Å². The van der Waals surface area contributed by atoms with Gasteiger partial charge in [-0.05, 0) is 43.7 Å². The lowest BCUT2D eigenvalue weighted by Gasteiger charge is -2.07. The van der Waals surface area contributed by atoms with Gasteiger partial charge in [-0.2, -0.15) is 0 Å². The number of halogens is 1. The van der Waals surface area contributed by atoms with Crippen molar-refractivity contribution in [1.29, 1.82) is 0 Å². The molecule has 0 unspecified atom stereocenters. The first-order valence-electron chi connectivity index (χ1n) is 7.06. The largest absolute Gasteiger partial charge is 0.385 e. The molecule has 2 heterocycles. The Balaban J connectivity index is 1.73. The van der Waals surface area contributed by atoms with Crippen LogP contribution >= 0.6 is 27.3 Å². The zero-order valence-corrected chi connectivity index (χ0v) is 14.9. The molecule has 22 heavy (non-hydrogen) atoms. The molecule has 3 N–H and O–H groups in total. The maximum absolute atomic E-state index is 6.10. The molecule has 114 valence electrons. The van der Waals surface area contributed by atoms with E-state index < -0.39 is 0 Å². The summed E-state index contributed by atoms with van der Waals surface area (Å²) in [6.45, 7) is 4.94. The lowest BCUT2D eigenvalue weighted by Crippen LogP contribution is -2.08. The average molecular weight is 377 g/mol. The number of nitrogens with two attached hydrogens (primary N) is 1. The van der Waals surface area contributed by atoms with Crippen molar-refractivity contribution < 1.29 is 0 Å². The number of aromatic nitrogens is 2. The SMILES string of the molecule is Cc1sc2nc(CCNc3ccc(Br)cc3)nc(N)c2c1C. The topological polar surface area (TPSA) is 63.8 Å². The van der Waals surface area contributed by atoms with Gasteiger partial charge in [0, 0.05) is 28.0 Å². The van der Waals surface area contributed by atoms with Crippen LogP contribution in [0.2, 0.25) is 0 Å². The minimum atomic E-state index is 0.588. The Morgan fingerprint density at radius 3 is 2.64 bits per heavy atom. The van der Waals surface area contributed by atoms with Crippen LogP contribution in [0.25, 0.3) is 10.2 Å². The van der Waals surface area contributed by atoms with E-state index in [2.05, 4.69) is 45.1 Å². The number of hydrogen-bond donors (Lipinski definition) is 2. The number of thiophene rings is 1. The van der Waals surface area contributed by atoms with E-state index in [-0.39, 0.29) is 0 Å². The molecular formula is C16H17BrN4S. The van der Waals surface area contributed by atoms with Gasteiger partial charge >= 0.3 is 0 Å². The summed E-state index contributed by atoms with van der Waals surface area (Å²) in [6, 6.07) is 8.10. The van der Waals surface area contributed by atoms with Crippen molar-refractivity contribution in [3.63, 3.8) is 0 Å². The normalized spacial score (nSPS) is 11.0. The van der Waals surface area contributed by atoms with E-state index in [4.69, 9.17) is 5.73 Å². The quantitative estimate of drug-likeness (QED) is 0.711. The number of fused-ring (bicyclic) bond motifs is 1. The van der Waals surface area contributed by atoms with Crippen LogP contribution in [0.5, 0.6) is 0 Å². The number of anilines is 2. The van der Waals surface area contributed by atoms with Crippen molar-refractivity contribution in [3.8, 4) is 0 Å². The highest BCUT2D eigenvalue weighted by Crippen LogP contribution is 2.31. The summed E-state index contributed by atoms with van der Waals surface area (Å²) < 4.78 is 1.07. The first-order chi connectivity index (χ1) is 10.5.